The molecule has 2 aromatic carbocycles. The molecule has 0 aliphatic carbocycles. The molecule has 0 radical (unpaired) electrons. The Morgan fingerprint density at radius 3 is 0.822 bits per heavy atom. The zero-order chi connectivity index (χ0) is 33.2. The van der Waals surface area contributed by atoms with E-state index in [1.807, 2.05) is 0 Å². The molecule has 0 aliphatic rings. The van der Waals surface area contributed by atoms with Gasteiger partial charge in [0.15, 0.2) is 11.6 Å². The number of rotatable bonds is 24. The predicted octanol–water partition coefficient (Wildman–Crippen LogP) is 14.5. The van der Waals surface area contributed by atoms with E-state index in [-0.39, 0.29) is 11.6 Å². The second kappa shape index (κ2) is 22.2. The number of halogens is 2. The van der Waals surface area contributed by atoms with E-state index in [4.69, 9.17) is 0 Å². The summed E-state index contributed by atoms with van der Waals surface area (Å²) in [5, 5.41) is 20.5. The Hall–Kier alpha value is -1.38. The Balaban J connectivity index is 2.27. The lowest BCUT2D eigenvalue weighted by Crippen LogP contribution is -2.09. The molecule has 0 saturated heterocycles. The lowest BCUT2D eigenvalue weighted by molar-refractivity contribution is 0.560. The number of hydrogen-bond donors (Lipinski definition) is 2. The van der Waals surface area contributed by atoms with Crippen LogP contribution in [0.5, 0.6) is 0 Å². The Bertz CT molecular complexity index is 1230. The molecule has 0 saturated carbocycles. The van der Waals surface area contributed by atoms with E-state index in [9.17, 15) is 0 Å². The number of nitrogens with one attached hydrogen (secondary N) is 2. The highest BCUT2D eigenvalue weighted by molar-refractivity contribution is 8.07. The first-order valence-electron chi connectivity index (χ1n) is 13.4. The Kier molecular flexibility index (Phi) is 19.7. The van der Waals surface area contributed by atoms with Crippen LogP contribution in [0.1, 0.15) is 19.3 Å². The van der Waals surface area contributed by atoms with Gasteiger partial charge >= 0.3 is 0 Å². The fourth-order valence-corrected chi connectivity index (χ4v) is 10.3. The van der Waals surface area contributed by atoms with Gasteiger partial charge < -0.3 is 10.6 Å². The van der Waals surface area contributed by atoms with Crippen molar-refractivity contribution < 1.29 is 8.78 Å². The van der Waals surface area contributed by atoms with Gasteiger partial charge in [-0.05, 0) is 62.5 Å². The minimum absolute atomic E-state index is 0.303. The molecule has 0 spiro atoms. The van der Waals surface area contributed by atoms with Gasteiger partial charge in [-0.15, -0.1) is 0 Å². The monoisotopic (exact) mass is 754 g/mol. The second-order valence-electron chi connectivity index (χ2n) is 8.20. The van der Waals surface area contributed by atoms with E-state index in [2.05, 4.69) is 63.3 Å². The molecule has 2 N–H and O–H groups in total. The summed E-state index contributed by atoms with van der Waals surface area (Å²) in [5.41, 5.74) is 1.70. The molecule has 2 rings (SSSR count). The predicted molar refractivity (Wildman–Crippen MR) is 212 cm³/mol. The molecule has 0 unspecified atom stereocenters. The molecule has 240 valence electrons. The number of benzene rings is 2. The van der Waals surface area contributed by atoms with Crippen LogP contribution in [0, 0.1) is 11.6 Å². The lowest BCUT2D eigenvalue weighted by atomic mass is 10.2. The van der Waals surface area contributed by atoms with Crippen molar-refractivity contribution in [1.82, 2.24) is 0 Å². The molecular weight excluding hydrogens is 719 g/mol. The topological polar surface area (TPSA) is 24.1 Å². The molecule has 2 aromatic rings. The summed E-state index contributed by atoms with van der Waals surface area (Å²) in [6.45, 7) is 32.0. The van der Waals surface area contributed by atoms with Crippen LogP contribution < -0.4 is 10.6 Å². The molecular formula is C33H36F2N2S8. The normalized spacial score (nSPS) is 10.5. The lowest BCUT2D eigenvalue weighted by Gasteiger charge is -2.22. The number of unbranched alkanes of at least 4 members (excludes halogenated alkanes) is 2. The molecule has 0 bridgehead atoms. The van der Waals surface area contributed by atoms with E-state index >= 15 is 8.78 Å². The van der Waals surface area contributed by atoms with Crippen LogP contribution in [0.2, 0.25) is 0 Å². The summed E-state index contributed by atoms with van der Waals surface area (Å²) in [7, 11) is 0. The Morgan fingerprint density at radius 2 is 0.600 bits per heavy atom. The van der Waals surface area contributed by atoms with E-state index in [1.165, 1.54) is 94.1 Å². The number of hydrogen-bond acceptors (Lipinski definition) is 10. The molecule has 2 nitrogen and oxygen atoms in total. The molecule has 0 aromatic heterocycles. The third-order valence-electron chi connectivity index (χ3n) is 5.60. The molecule has 45 heavy (non-hydrogen) atoms. The van der Waals surface area contributed by atoms with Crippen LogP contribution in [0.15, 0.2) is 135 Å². The van der Waals surface area contributed by atoms with Gasteiger partial charge in [0.1, 0.15) is 0 Å². The van der Waals surface area contributed by atoms with Crippen molar-refractivity contribution in [3.05, 3.63) is 108 Å². The SMILES string of the molecule is C=CSc1c(F)c(SC=C)c(SC=C)c(NCCCCCNc2c(SC=C)c(SC=C)c(F)c(SC=C)c2SC=C)c1SC=C. The van der Waals surface area contributed by atoms with Gasteiger partial charge in [-0.25, -0.2) is 8.78 Å². The summed E-state index contributed by atoms with van der Waals surface area (Å²) in [5.74, 6) is -0.605. The summed E-state index contributed by atoms with van der Waals surface area (Å²) in [4.78, 5) is 5.08. The van der Waals surface area contributed by atoms with Crippen molar-refractivity contribution in [1.29, 1.82) is 0 Å². The number of anilines is 2. The van der Waals surface area contributed by atoms with Crippen molar-refractivity contribution in [3.63, 3.8) is 0 Å². The van der Waals surface area contributed by atoms with E-state index in [0.717, 1.165) is 50.2 Å². The van der Waals surface area contributed by atoms with Crippen molar-refractivity contribution in [2.45, 2.75) is 58.4 Å². The molecule has 0 amide bonds. The second-order valence-corrected chi connectivity index (χ2v) is 16.0. The van der Waals surface area contributed by atoms with Gasteiger partial charge in [0, 0.05) is 13.1 Å². The van der Waals surface area contributed by atoms with Crippen molar-refractivity contribution in [3.8, 4) is 0 Å². The fraction of sp³-hybridized carbons (Fsp3) is 0.152. The average molecular weight is 755 g/mol. The average Bonchev–Trinajstić information content (AvgIpc) is 3.02. The standard InChI is InChI=1S/C33H36F2N2S8/c1-9-38-26-22(34)27(39-10-2)31(43-14-6)24(30(26)42-13-5)36-20-18-17-19-21-37-25-32(44-15-7)28(40-11-3)23(35)29(41-12-4)33(25)45-16-8/h9-16,36-37H,1-8,17-21H2. The maximum absolute atomic E-state index is 15.7. The third-order valence-corrected chi connectivity index (χ3v) is 12.5. The number of thioether (sulfide) groups is 8. The first-order chi connectivity index (χ1) is 21.9. The van der Waals surface area contributed by atoms with Crippen LogP contribution >= 0.6 is 94.1 Å². The highest BCUT2D eigenvalue weighted by Crippen LogP contribution is 2.51. The van der Waals surface area contributed by atoms with Crippen molar-refractivity contribution in [2.75, 3.05) is 23.7 Å². The first-order valence-corrected chi connectivity index (χ1v) is 20.4. The minimum Gasteiger partial charge on any atom is -0.383 e. The van der Waals surface area contributed by atoms with Crippen LogP contribution in [-0.4, -0.2) is 13.1 Å². The van der Waals surface area contributed by atoms with Gasteiger partial charge in [0.05, 0.1) is 50.5 Å². The van der Waals surface area contributed by atoms with E-state index in [0.29, 0.717) is 32.7 Å². The Morgan fingerprint density at radius 1 is 0.378 bits per heavy atom. The maximum atomic E-state index is 15.7. The van der Waals surface area contributed by atoms with Crippen LogP contribution in [0.25, 0.3) is 0 Å². The quantitative estimate of drug-likeness (QED) is 0.0796. The largest absolute Gasteiger partial charge is 0.383 e. The van der Waals surface area contributed by atoms with Crippen LogP contribution in [0.3, 0.4) is 0 Å². The summed E-state index contributed by atoms with van der Waals surface area (Å²) in [6.07, 6.45) is 2.68. The van der Waals surface area contributed by atoms with E-state index < -0.39 is 0 Å². The minimum atomic E-state index is -0.303. The molecule has 0 atom stereocenters. The van der Waals surface area contributed by atoms with E-state index in [1.54, 1.807) is 43.3 Å². The smallest absolute Gasteiger partial charge is 0.153 e. The Labute approximate surface area is 301 Å². The van der Waals surface area contributed by atoms with Gasteiger partial charge in [-0.3, -0.25) is 0 Å². The summed E-state index contributed by atoms with van der Waals surface area (Å²) < 4.78 is 31.3. The van der Waals surface area contributed by atoms with Crippen LogP contribution in [-0.2, 0) is 0 Å². The molecule has 12 heteroatoms. The van der Waals surface area contributed by atoms with Crippen molar-refractivity contribution in [2.24, 2.45) is 0 Å². The highest BCUT2D eigenvalue weighted by atomic mass is 32.2. The maximum Gasteiger partial charge on any atom is 0.153 e. The van der Waals surface area contributed by atoms with Gasteiger partial charge in [0.25, 0.3) is 0 Å². The van der Waals surface area contributed by atoms with Gasteiger partial charge in [-0.1, -0.05) is 147 Å². The molecule has 0 heterocycles. The first kappa shape index (κ1) is 39.8. The molecule has 0 aliphatic heterocycles. The van der Waals surface area contributed by atoms with Gasteiger partial charge in [-0.2, -0.15) is 0 Å². The van der Waals surface area contributed by atoms with Crippen LogP contribution in [0.4, 0.5) is 20.2 Å². The third kappa shape index (κ3) is 10.8. The summed E-state index contributed by atoms with van der Waals surface area (Å²) >= 11 is 10.5. The zero-order valence-corrected chi connectivity index (χ0v) is 31.4. The van der Waals surface area contributed by atoms with Gasteiger partial charge in [0.2, 0.25) is 0 Å². The highest BCUT2D eigenvalue weighted by Gasteiger charge is 2.25. The summed E-state index contributed by atoms with van der Waals surface area (Å²) in [6, 6.07) is 0. The zero-order valence-electron chi connectivity index (χ0n) is 24.8. The van der Waals surface area contributed by atoms with Crippen molar-refractivity contribution >= 4 is 105 Å². The molecule has 0 fully saturated rings. The fourth-order valence-electron chi connectivity index (χ4n) is 3.98.